The average Bonchev–Trinajstić information content (AvgIpc) is 3.22. The van der Waals surface area contributed by atoms with Gasteiger partial charge in [-0.2, -0.15) is 0 Å². The number of rotatable bonds is 7. The highest BCUT2D eigenvalue weighted by atomic mass is 32.2. The van der Waals surface area contributed by atoms with Gasteiger partial charge in [0.2, 0.25) is 5.91 Å². The Morgan fingerprint density at radius 3 is 2.31 bits per heavy atom. The highest BCUT2D eigenvalue weighted by molar-refractivity contribution is 8.02. The molecule has 0 bridgehead atoms. The molecule has 0 aliphatic carbocycles. The molecular formula is C27H27N3O3S2. The molecule has 6 nitrogen and oxygen atoms in total. The average molecular weight is 506 g/mol. The molecule has 35 heavy (non-hydrogen) atoms. The molecule has 1 unspecified atom stereocenters. The lowest BCUT2D eigenvalue weighted by Crippen LogP contribution is -2.23. The van der Waals surface area contributed by atoms with Gasteiger partial charge in [-0.15, -0.1) is 11.3 Å². The molecule has 2 amide bonds. The fraction of sp³-hybridized carbons (Fsp3) is 0.222. The smallest absolute Gasteiger partial charge is 0.255 e. The van der Waals surface area contributed by atoms with Crippen molar-refractivity contribution < 1.29 is 14.3 Å². The third-order valence-corrected chi connectivity index (χ3v) is 7.76. The second kappa shape index (κ2) is 10.5. The van der Waals surface area contributed by atoms with Gasteiger partial charge in [0.1, 0.15) is 5.75 Å². The summed E-state index contributed by atoms with van der Waals surface area (Å²) in [7, 11) is 1.59. The number of amides is 2. The first-order valence-electron chi connectivity index (χ1n) is 11.1. The van der Waals surface area contributed by atoms with E-state index >= 15 is 0 Å². The van der Waals surface area contributed by atoms with Gasteiger partial charge in [-0.3, -0.25) is 9.59 Å². The van der Waals surface area contributed by atoms with Crippen LogP contribution in [-0.4, -0.2) is 29.2 Å². The summed E-state index contributed by atoms with van der Waals surface area (Å²) in [4.78, 5) is 30.1. The van der Waals surface area contributed by atoms with Crippen LogP contribution in [0.25, 0.3) is 10.2 Å². The van der Waals surface area contributed by atoms with Crippen molar-refractivity contribution in [3.63, 3.8) is 0 Å². The second-order valence-electron chi connectivity index (χ2n) is 8.37. The molecule has 0 aliphatic rings. The minimum Gasteiger partial charge on any atom is -0.497 e. The predicted octanol–water partition coefficient (Wildman–Crippen LogP) is 6.60. The first kappa shape index (κ1) is 24.8. The Bertz CT molecular complexity index is 1370. The summed E-state index contributed by atoms with van der Waals surface area (Å²) in [5, 5.41) is 5.69. The zero-order valence-electron chi connectivity index (χ0n) is 20.3. The number of ether oxygens (including phenoxy) is 1. The van der Waals surface area contributed by atoms with Crippen molar-refractivity contribution in [2.24, 2.45) is 0 Å². The first-order chi connectivity index (χ1) is 16.7. The number of anilines is 2. The van der Waals surface area contributed by atoms with Crippen molar-refractivity contribution in [1.82, 2.24) is 4.98 Å². The summed E-state index contributed by atoms with van der Waals surface area (Å²) >= 11 is 2.93. The monoisotopic (exact) mass is 505 g/mol. The summed E-state index contributed by atoms with van der Waals surface area (Å²) in [6.45, 7) is 7.94. The number of thioether (sulfide) groups is 1. The Morgan fingerprint density at radius 2 is 1.66 bits per heavy atom. The Balaban J connectivity index is 1.43. The molecule has 1 atom stereocenters. The third-order valence-electron chi connectivity index (χ3n) is 5.55. The molecular weight excluding hydrogens is 478 g/mol. The van der Waals surface area contributed by atoms with Crippen LogP contribution in [0.2, 0.25) is 0 Å². The van der Waals surface area contributed by atoms with E-state index < -0.39 is 0 Å². The summed E-state index contributed by atoms with van der Waals surface area (Å²) in [6.07, 6.45) is 0. The summed E-state index contributed by atoms with van der Waals surface area (Å²) in [5.41, 5.74) is 6.22. The molecule has 3 aromatic carbocycles. The van der Waals surface area contributed by atoms with E-state index in [1.165, 1.54) is 28.7 Å². The van der Waals surface area contributed by atoms with Gasteiger partial charge in [0.05, 0.1) is 22.6 Å². The molecule has 1 heterocycles. The van der Waals surface area contributed by atoms with Crippen molar-refractivity contribution in [3.05, 3.63) is 76.9 Å². The second-order valence-corrected chi connectivity index (χ2v) is 11.0. The molecule has 0 spiro atoms. The van der Waals surface area contributed by atoms with E-state index in [1.807, 2.05) is 45.9 Å². The molecule has 0 saturated heterocycles. The molecule has 0 radical (unpaired) electrons. The fourth-order valence-corrected chi connectivity index (χ4v) is 6.03. The van der Waals surface area contributed by atoms with E-state index in [0.717, 1.165) is 31.4 Å². The van der Waals surface area contributed by atoms with Crippen molar-refractivity contribution >= 4 is 56.5 Å². The summed E-state index contributed by atoms with van der Waals surface area (Å²) in [5.74, 6) is 0.444. The third kappa shape index (κ3) is 5.83. The Kier molecular flexibility index (Phi) is 7.42. The van der Waals surface area contributed by atoms with Gasteiger partial charge < -0.3 is 15.4 Å². The van der Waals surface area contributed by atoms with Crippen LogP contribution in [-0.2, 0) is 4.79 Å². The Morgan fingerprint density at radius 1 is 0.971 bits per heavy atom. The van der Waals surface area contributed by atoms with E-state index in [1.54, 1.807) is 31.4 Å². The summed E-state index contributed by atoms with van der Waals surface area (Å²) in [6, 6.07) is 16.7. The lowest BCUT2D eigenvalue weighted by molar-refractivity contribution is -0.115. The van der Waals surface area contributed by atoms with Gasteiger partial charge in [-0.1, -0.05) is 29.5 Å². The topological polar surface area (TPSA) is 80.3 Å². The van der Waals surface area contributed by atoms with Gasteiger partial charge in [0.15, 0.2) is 4.34 Å². The SMILES string of the molecule is COc1ccc(C(=O)Nc2ccc3nc(SC(C)C(=O)Nc4c(C)cc(C)cc4C)sc3c2)cc1. The maximum atomic E-state index is 12.9. The fourth-order valence-electron chi connectivity index (χ4n) is 3.78. The minimum absolute atomic E-state index is 0.0586. The normalized spacial score (nSPS) is 11.8. The highest BCUT2D eigenvalue weighted by Gasteiger charge is 2.19. The number of carbonyl (C=O) groups is 2. The number of hydrogen-bond donors (Lipinski definition) is 2. The van der Waals surface area contributed by atoms with E-state index in [4.69, 9.17) is 4.74 Å². The molecule has 1 aromatic heterocycles. The van der Waals surface area contributed by atoms with Crippen LogP contribution >= 0.6 is 23.1 Å². The number of benzene rings is 3. The van der Waals surface area contributed by atoms with Crippen molar-refractivity contribution in [1.29, 1.82) is 0 Å². The zero-order chi connectivity index (χ0) is 25.1. The molecule has 4 aromatic rings. The van der Waals surface area contributed by atoms with Crippen LogP contribution in [0.15, 0.2) is 58.9 Å². The maximum absolute atomic E-state index is 12.9. The van der Waals surface area contributed by atoms with Gasteiger partial charge in [-0.25, -0.2) is 4.98 Å². The molecule has 4 rings (SSSR count). The summed E-state index contributed by atoms with van der Waals surface area (Å²) < 4.78 is 6.89. The number of nitrogens with zero attached hydrogens (tertiary/aromatic N) is 1. The number of nitrogens with one attached hydrogen (secondary N) is 2. The van der Waals surface area contributed by atoms with Gasteiger partial charge in [0.25, 0.3) is 5.91 Å². The molecule has 180 valence electrons. The standard InChI is InChI=1S/C27H27N3O3S2/c1-15-12-16(2)24(17(3)13-15)30-25(31)18(4)34-27-29-22-11-8-20(14-23(22)35-27)28-26(32)19-6-9-21(33-5)10-7-19/h6-14,18H,1-5H3,(H,28,32)(H,30,31). The van der Waals surface area contributed by atoms with E-state index in [-0.39, 0.29) is 17.1 Å². The van der Waals surface area contributed by atoms with Crippen molar-refractivity contribution in [2.75, 3.05) is 17.7 Å². The number of thiazole rings is 1. The quantitative estimate of drug-likeness (QED) is 0.277. The van der Waals surface area contributed by atoms with Crippen LogP contribution < -0.4 is 15.4 Å². The van der Waals surface area contributed by atoms with Gasteiger partial charge >= 0.3 is 0 Å². The largest absolute Gasteiger partial charge is 0.497 e. The number of fused-ring (bicyclic) bond motifs is 1. The Hall–Kier alpha value is -3.36. The number of aromatic nitrogens is 1. The molecule has 0 aliphatic heterocycles. The van der Waals surface area contributed by atoms with Crippen LogP contribution in [0.4, 0.5) is 11.4 Å². The molecule has 0 saturated carbocycles. The maximum Gasteiger partial charge on any atom is 0.255 e. The zero-order valence-corrected chi connectivity index (χ0v) is 21.9. The number of carbonyl (C=O) groups excluding carboxylic acids is 2. The van der Waals surface area contributed by atoms with E-state index in [9.17, 15) is 9.59 Å². The Labute approximate surface area is 213 Å². The lowest BCUT2D eigenvalue weighted by Gasteiger charge is -2.15. The number of aryl methyl sites for hydroxylation is 3. The molecule has 8 heteroatoms. The van der Waals surface area contributed by atoms with E-state index in [0.29, 0.717) is 17.0 Å². The molecule has 2 N–H and O–H groups in total. The van der Waals surface area contributed by atoms with Crippen LogP contribution in [0.1, 0.15) is 34.0 Å². The van der Waals surface area contributed by atoms with Crippen molar-refractivity contribution in [2.45, 2.75) is 37.3 Å². The van der Waals surface area contributed by atoms with Crippen LogP contribution in [0.3, 0.4) is 0 Å². The lowest BCUT2D eigenvalue weighted by atomic mass is 10.1. The minimum atomic E-state index is -0.315. The highest BCUT2D eigenvalue weighted by Crippen LogP contribution is 2.34. The number of hydrogen-bond acceptors (Lipinski definition) is 6. The van der Waals surface area contributed by atoms with Gasteiger partial charge in [0, 0.05) is 16.9 Å². The molecule has 0 fully saturated rings. The van der Waals surface area contributed by atoms with Crippen LogP contribution in [0.5, 0.6) is 5.75 Å². The first-order valence-corrected chi connectivity index (χ1v) is 12.8. The predicted molar refractivity (Wildman–Crippen MR) is 145 cm³/mol. The number of methoxy groups -OCH3 is 1. The van der Waals surface area contributed by atoms with E-state index in [2.05, 4.69) is 27.8 Å². The van der Waals surface area contributed by atoms with Gasteiger partial charge in [-0.05, 0) is 81.3 Å². The van der Waals surface area contributed by atoms with Crippen molar-refractivity contribution in [3.8, 4) is 5.75 Å². The van der Waals surface area contributed by atoms with Crippen LogP contribution in [0, 0.1) is 20.8 Å².